The number of ether oxygens (including phenoxy) is 1. The fourth-order valence-electron chi connectivity index (χ4n) is 1.16. The summed E-state index contributed by atoms with van der Waals surface area (Å²) in [6.07, 6.45) is -0.461. The Bertz CT molecular complexity index is 381. The van der Waals surface area contributed by atoms with Gasteiger partial charge in [-0.2, -0.15) is 0 Å². The molecule has 0 bridgehead atoms. The third-order valence-corrected chi connectivity index (χ3v) is 2.48. The van der Waals surface area contributed by atoms with Gasteiger partial charge in [0, 0.05) is 10.0 Å². The lowest BCUT2D eigenvalue weighted by Crippen LogP contribution is -2.20. The van der Waals surface area contributed by atoms with Crippen LogP contribution in [0.15, 0.2) is 16.6 Å². The zero-order chi connectivity index (χ0) is 9.42. The number of hydrogen-bond donors (Lipinski definition) is 1. The predicted octanol–water partition coefficient (Wildman–Crippen LogP) is 3.16. The lowest BCUT2D eigenvalue weighted by molar-refractivity contribution is 0.151. The first-order valence-corrected chi connectivity index (χ1v) is 4.75. The van der Waals surface area contributed by atoms with Gasteiger partial charge in [-0.1, -0.05) is 27.5 Å². The maximum Gasteiger partial charge on any atom is 0.412 e. The molecule has 0 saturated carbocycles. The normalized spacial score (nSPS) is 14.5. The molecule has 1 aliphatic heterocycles. The number of rotatable bonds is 0. The smallest absolute Gasteiger partial charge is 0.412 e. The van der Waals surface area contributed by atoms with Gasteiger partial charge in [0.1, 0.15) is 6.61 Å². The second kappa shape index (κ2) is 3.20. The number of carbonyl (C=O) groups excluding carboxylic acids is 1. The largest absolute Gasteiger partial charge is 0.444 e. The van der Waals surface area contributed by atoms with Crippen molar-refractivity contribution in [1.29, 1.82) is 0 Å². The van der Waals surface area contributed by atoms with Crippen molar-refractivity contribution in [3.63, 3.8) is 0 Å². The average Bonchev–Trinajstić information content (AvgIpc) is 2.06. The molecule has 0 fully saturated rings. The van der Waals surface area contributed by atoms with Crippen LogP contribution in [0.1, 0.15) is 5.56 Å². The Balaban J connectivity index is 2.53. The lowest BCUT2D eigenvalue weighted by Gasteiger charge is -2.18. The number of fused-ring (bicyclic) bond motifs is 1. The Morgan fingerprint density at radius 3 is 3.08 bits per heavy atom. The summed E-state index contributed by atoms with van der Waals surface area (Å²) in [6, 6.07) is 3.59. The van der Waals surface area contributed by atoms with Crippen molar-refractivity contribution in [3.05, 3.63) is 27.2 Å². The number of amides is 1. The summed E-state index contributed by atoms with van der Waals surface area (Å²) in [5.74, 6) is 0. The van der Waals surface area contributed by atoms with Gasteiger partial charge in [0.15, 0.2) is 0 Å². The summed E-state index contributed by atoms with van der Waals surface area (Å²) in [6.45, 7) is 0.264. The molecule has 1 heterocycles. The van der Waals surface area contributed by atoms with Gasteiger partial charge in [-0.15, -0.1) is 0 Å². The van der Waals surface area contributed by atoms with E-state index in [-0.39, 0.29) is 6.61 Å². The van der Waals surface area contributed by atoms with Gasteiger partial charge in [-0.25, -0.2) is 4.79 Å². The number of cyclic esters (lactones) is 1. The fraction of sp³-hybridized carbons (Fsp3) is 0.125. The molecule has 1 amide bonds. The monoisotopic (exact) mass is 261 g/mol. The van der Waals surface area contributed by atoms with Crippen LogP contribution in [0.5, 0.6) is 0 Å². The molecule has 0 atom stereocenters. The topological polar surface area (TPSA) is 38.3 Å². The van der Waals surface area contributed by atoms with Crippen molar-refractivity contribution in [2.24, 2.45) is 0 Å². The van der Waals surface area contributed by atoms with Crippen molar-refractivity contribution in [1.82, 2.24) is 0 Å². The van der Waals surface area contributed by atoms with E-state index in [1.807, 2.05) is 6.07 Å². The van der Waals surface area contributed by atoms with Crippen LogP contribution >= 0.6 is 27.5 Å². The molecule has 1 aromatic carbocycles. The molecule has 1 aliphatic rings. The molecular weight excluding hydrogens is 257 g/mol. The Morgan fingerprint density at radius 2 is 2.31 bits per heavy atom. The minimum atomic E-state index is -0.461. The van der Waals surface area contributed by atoms with E-state index in [1.54, 1.807) is 6.07 Å². The van der Waals surface area contributed by atoms with E-state index >= 15 is 0 Å². The maximum absolute atomic E-state index is 10.9. The van der Waals surface area contributed by atoms with Crippen LogP contribution in [0, 0.1) is 0 Å². The van der Waals surface area contributed by atoms with Gasteiger partial charge in [0.05, 0.1) is 10.7 Å². The maximum atomic E-state index is 10.9. The standard InChI is InChI=1S/C8H5BrClNO2/c9-5-1-4-3-13-8(12)11-7(4)6(10)2-5/h1-2H,3H2,(H,11,12). The van der Waals surface area contributed by atoms with Gasteiger partial charge < -0.3 is 4.74 Å². The van der Waals surface area contributed by atoms with E-state index in [9.17, 15) is 4.79 Å². The highest BCUT2D eigenvalue weighted by Crippen LogP contribution is 2.32. The van der Waals surface area contributed by atoms with Crippen LogP contribution in [0.4, 0.5) is 10.5 Å². The quantitative estimate of drug-likeness (QED) is 0.780. The third kappa shape index (κ3) is 1.64. The molecule has 0 aliphatic carbocycles. The first-order chi connectivity index (χ1) is 6.16. The molecule has 0 spiro atoms. The minimum absolute atomic E-state index is 0.264. The SMILES string of the molecule is O=C1Nc2c(Cl)cc(Br)cc2CO1. The Kier molecular flexibility index (Phi) is 2.17. The van der Waals surface area contributed by atoms with Crippen molar-refractivity contribution < 1.29 is 9.53 Å². The predicted molar refractivity (Wildman–Crippen MR) is 53.0 cm³/mol. The highest BCUT2D eigenvalue weighted by Gasteiger charge is 2.18. The summed E-state index contributed by atoms with van der Waals surface area (Å²) in [5, 5.41) is 3.06. The summed E-state index contributed by atoms with van der Waals surface area (Å²) < 4.78 is 5.66. The summed E-state index contributed by atoms with van der Waals surface area (Å²) >= 11 is 9.22. The zero-order valence-electron chi connectivity index (χ0n) is 6.43. The van der Waals surface area contributed by atoms with E-state index in [1.165, 1.54) is 0 Å². The highest BCUT2D eigenvalue weighted by atomic mass is 79.9. The van der Waals surface area contributed by atoms with Crippen LogP contribution in [0.25, 0.3) is 0 Å². The van der Waals surface area contributed by atoms with E-state index in [2.05, 4.69) is 21.2 Å². The van der Waals surface area contributed by atoms with Gasteiger partial charge in [-0.3, -0.25) is 5.32 Å². The van der Waals surface area contributed by atoms with Crippen molar-refractivity contribution in [3.8, 4) is 0 Å². The Hall–Kier alpha value is -0.740. The van der Waals surface area contributed by atoms with Crippen LogP contribution in [0.2, 0.25) is 5.02 Å². The average molecular weight is 262 g/mol. The van der Waals surface area contributed by atoms with Crippen molar-refractivity contribution >= 4 is 39.3 Å². The van der Waals surface area contributed by atoms with E-state index < -0.39 is 6.09 Å². The molecule has 0 unspecified atom stereocenters. The molecule has 13 heavy (non-hydrogen) atoms. The fourth-order valence-corrected chi connectivity index (χ4v) is 2.09. The van der Waals surface area contributed by atoms with Gasteiger partial charge in [0.25, 0.3) is 0 Å². The molecule has 1 aromatic rings. The Labute approximate surface area is 88.2 Å². The second-order valence-corrected chi connectivity index (χ2v) is 3.95. The lowest BCUT2D eigenvalue weighted by atomic mass is 10.2. The third-order valence-electron chi connectivity index (χ3n) is 1.72. The molecule has 3 nitrogen and oxygen atoms in total. The summed E-state index contributed by atoms with van der Waals surface area (Å²) in [7, 11) is 0. The number of carbonyl (C=O) groups is 1. The number of hydrogen-bond acceptors (Lipinski definition) is 2. The molecule has 0 aromatic heterocycles. The molecule has 0 radical (unpaired) electrons. The Morgan fingerprint density at radius 1 is 1.54 bits per heavy atom. The second-order valence-electron chi connectivity index (χ2n) is 2.62. The zero-order valence-corrected chi connectivity index (χ0v) is 8.78. The number of halogens is 2. The highest BCUT2D eigenvalue weighted by molar-refractivity contribution is 9.10. The van der Waals surface area contributed by atoms with E-state index in [4.69, 9.17) is 16.3 Å². The van der Waals surface area contributed by atoms with Crippen LogP contribution in [-0.4, -0.2) is 6.09 Å². The molecular formula is C8H5BrClNO2. The number of benzene rings is 1. The van der Waals surface area contributed by atoms with Crippen molar-refractivity contribution in [2.45, 2.75) is 6.61 Å². The van der Waals surface area contributed by atoms with Gasteiger partial charge in [0.2, 0.25) is 0 Å². The molecule has 68 valence electrons. The molecule has 2 rings (SSSR count). The molecule has 1 N–H and O–H groups in total. The molecule has 5 heteroatoms. The first-order valence-electron chi connectivity index (χ1n) is 3.58. The minimum Gasteiger partial charge on any atom is -0.444 e. The number of anilines is 1. The first kappa shape index (κ1) is 8.84. The van der Waals surface area contributed by atoms with Crippen LogP contribution in [0.3, 0.4) is 0 Å². The number of nitrogens with one attached hydrogen (secondary N) is 1. The van der Waals surface area contributed by atoms with Gasteiger partial charge in [-0.05, 0) is 12.1 Å². The van der Waals surface area contributed by atoms with Crippen LogP contribution in [-0.2, 0) is 11.3 Å². The molecule has 0 saturated heterocycles. The van der Waals surface area contributed by atoms with Gasteiger partial charge >= 0.3 is 6.09 Å². The van der Waals surface area contributed by atoms with E-state index in [0.717, 1.165) is 10.0 Å². The summed E-state index contributed by atoms with van der Waals surface area (Å²) in [4.78, 5) is 10.9. The summed E-state index contributed by atoms with van der Waals surface area (Å²) in [5.41, 5.74) is 1.51. The van der Waals surface area contributed by atoms with E-state index in [0.29, 0.717) is 10.7 Å². The van der Waals surface area contributed by atoms with Crippen LogP contribution < -0.4 is 5.32 Å². The van der Waals surface area contributed by atoms with Crippen molar-refractivity contribution in [2.75, 3.05) is 5.32 Å².